The molecule has 0 bridgehead atoms. The number of sulfonamides is 1. The van der Waals surface area contributed by atoms with Gasteiger partial charge in [-0.15, -0.1) is 11.3 Å². The van der Waals surface area contributed by atoms with Gasteiger partial charge in [0.2, 0.25) is 5.91 Å². The number of carbonyl (C=O) groups excluding carboxylic acids is 1. The Bertz CT molecular complexity index is 786. The van der Waals surface area contributed by atoms with Crippen LogP contribution in [0.4, 0.5) is 0 Å². The summed E-state index contributed by atoms with van der Waals surface area (Å²) < 4.78 is 26.7. The number of hydrogen-bond donors (Lipinski definition) is 1. The number of piperazine rings is 1. The maximum atomic E-state index is 12.3. The lowest BCUT2D eigenvalue weighted by Gasteiger charge is -2.34. The predicted octanol–water partition coefficient (Wildman–Crippen LogP) is 0.766. The first kappa shape index (κ1) is 18.0. The largest absolute Gasteiger partial charge is 0.339 e. The highest BCUT2D eigenvalue weighted by molar-refractivity contribution is 7.91. The Kier molecular flexibility index (Phi) is 5.79. The van der Waals surface area contributed by atoms with Crippen LogP contribution < -0.4 is 4.72 Å². The molecular weight excluding hydrogens is 360 g/mol. The zero-order valence-corrected chi connectivity index (χ0v) is 15.3. The molecule has 1 amide bonds. The number of carbonyl (C=O) groups is 1. The molecule has 1 aliphatic heterocycles. The summed E-state index contributed by atoms with van der Waals surface area (Å²) in [7, 11) is -3.60. The van der Waals surface area contributed by atoms with Crippen molar-refractivity contribution in [1.82, 2.24) is 19.5 Å². The van der Waals surface area contributed by atoms with E-state index in [1.807, 2.05) is 18.3 Å². The standard InChI is InChI=1S/C16H20N4O3S2/c21-15(12-18-25(22,23)16-4-2-10-24-16)20-8-6-19(7-9-20)13-14-3-1-5-17-11-14/h1-5,10-11,18H,6-9,12-13H2. The van der Waals surface area contributed by atoms with E-state index in [1.165, 1.54) is 6.07 Å². The topological polar surface area (TPSA) is 82.6 Å². The van der Waals surface area contributed by atoms with E-state index in [4.69, 9.17) is 0 Å². The second kappa shape index (κ2) is 8.05. The van der Waals surface area contributed by atoms with E-state index in [2.05, 4.69) is 14.6 Å². The van der Waals surface area contributed by atoms with Crippen LogP contribution >= 0.6 is 11.3 Å². The monoisotopic (exact) mass is 380 g/mol. The minimum Gasteiger partial charge on any atom is -0.339 e. The molecular formula is C16H20N4O3S2. The molecule has 0 aliphatic carbocycles. The summed E-state index contributed by atoms with van der Waals surface area (Å²) in [4.78, 5) is 20.3. The summed E-state index contributed by atoms with van der Waals surface area (Å²) in [5, 5.41) is 1.69. The van der Waals surface area contributed by atoms with Crippen molar-refractivity contribution in [2.45, 2.75) is 10.8 Å². The van der Waals surface area contributed by atoms with E-state index in [9.17, 15) is 13.2 Å². The minimum atomic E-state index is -3.60. The first-order valence-electron chi connectivity index (χ1n) is 7.97. The number of aromatic nitrogens is 1. The Morgan fingerprint density at radius 1 is 1.20 bits per heavy atom. The number of rotatable bonds is 6. The summed E-state index contributed by atoms with van der Waals surface area (Å²) in [6, 6.07) is 7.13. The zero-order valence-electron chi connectivity index (χ0n) is 13.7. The van der Waals surface area contributed by atoms with E-state index in [0.29, 0.717) is 13.1 Å². The van der Waals surface area contributed by atoms with Crippen LogP contribution in [-0.4, -0.2) is 61.8 Å². The number of nitrogens with one attached hydrogen (secondary N) is 1. The lowest BCUT2D eigenvalue weighted by Crippen LogP contribution is -2.50. The molecule has 134 valence electrons. The molecule has 1 aliphatic rings. The van der Waals surface area contributed by atoms with Gasteiger partial charge in [0.15, 0.2) is 0 Å². The number of nitrogens with zero attached hydrogens (tertiary/aromatic N) is 3. The average molecular weight is 380 g/mol. The fourth-order valence-corrected chi connectivity index (χ4v) is 4.67. The van der Waals surface area contributed by atoms with Crippen LogP contribution in [0.1, 0.15) is 5.56 Å². The molecule has 1 saturated heterocycles. The van der Waals surface area contributed by atoms with Crippen LogP contribution in [0.5, 0.6) is 0 Å². The van der Waals surface area contributed by atoms with Crippen LogP contribution in [0.25, 0.3) is 0 Å². The maximum absolute atomic E-state index is 12.3. The van der Waals surface area contributed by atoms with Crippen molar-refractivity contribution in [2.75, 3.05) is 32.7 Å². The molecule has 0 aromatic carbocycles. The highest BCUT2D eigenvalue weighted by Gasteiger charge is 2.23. The van der Waals surface area contributed by atoms with E-state index < -0.39 is 10.0 Å². The zero-order chi connectivity index (χ0) is 17.7. The lowest BCUT2D eigenvalue weighted by molar-refractivity contribution is -0.131. The van der Waals surface area contributed by atoms with E-state index in [1.54, 1.807) is 22.5 Å². The number of hydrogen-bond acceptors (Lipinski definition) is 6. The van der Waals surface area contributed by atoms with Gasteiger partial charge in [0, 0.05) is 45.1 Å². The van der Waals surface area contributed by atoms with E-state index >= 15 is 0 Å². The Morgan fingerprint density at radius 3 is 2.64 bits per heavy atom. The van der Waals surface area contributed by atoms with Gasteiger partial charge in [-0.3, -0.25) is 14.7 Å². The highest BCUT2D eigenvalue weighted by atomic mass is 32.2. The van der Waals surface area contributed by atoms with Gasteiger partial charge < -0.3 is 4.90 Å². The predicted molar refractivity (Wildman–Crippen MR) is 95.6 cm³/mol. The van der Waals surface area contributed by atoms with Crippen LogP contribution in [0.15, 0.2) is 46.2 Å². The normalized spacial score (nSPS) is 16.1. The third-order valence-electron chi connectivity index (χ3n) is 4.03. The Morgan fingerprint density at radius 2 is 2.00 bits per heavy atom. The van der Waals surface area contributed by atoms with Gasteiger partial charge in [-0.25, -0.2) is 13.1 Å². The molecule has 0 spiro atoms. The molecule has 9 heteroatoms. The van der Waals surface area contributed by atoms with Gasteiger partial charge in [-0.2, -0.15) is 0 Å². The Labute approximate surface area is 151 Å². The molecule has 0 unspecified atom stereocenters. The fraction of sp³-hybridized carbons (Fsp3) is 0.375. The fourth-order valence-electron chi connectivity index (χ4n) is 2.66. The van der Waals surface area contributed by atoms with Gasteiger partial charge in [-0.05, 0) is 23.1 Å². The molecule has 1 fully saturated rings. The van der Waals surface area contributed by atoms with Crippen LogP contribution in [-0.2, 0) is 21.4 Å². The molecule has 2 aromatic rings. The number of pyridine rings is 1. The second-order valence-electron chi connectivity index (χ2n) is 5.77. The highest BCUT2D eigenvalue weighted by Crippen LogP contribution is 2.15. The summed E-state index contributed by atoms with van der Waals surface area (Å²) in [5.41, 5.74) is 1.14. The quantitative estimate of drug-likeness (QED) is 0.800. The number of amides is 1. The van der Waals surface area contributed by atoms with Crippen molar-refractivity contribution >= 4 is 27.3 Å². The van der Waals surface area contributed by atoms with Crippen LogP contribution in [0.2, 0.25) is 0 Å². The third kappa shape index (κ3) is 4.85. The Balaban J connectivity index is 1.45. The second-order valence-corrected chi connectivity index (χ2v) is 8.72. The van der Waals surface area contributed by atoms with Crippen molar-refractivity contribution in [3.8, 4) is 0 Å². The van der Waals surface area contributed by atoms with Crippen molar-refractivity contribution < 1.29 is 13.2 Å². The molecule has 2 aromatic heterocycles. The smallest absolute Gasteiger partial charge is 0.250 e. The molecule has 1 N–H and O–H groups in total. The summed E-state index contributed by atoms with van der Waals surface area (Å²) in [6.45, 7) is 3.32. The van der Waals surface area contributed by atoms with Gasteiger partial charge in [-0.1, -0.05) is 12.1 Å². The lowest BCUT2D eigenvalue weighted by atomic mass is 10.2. The molecule has 3 heterocycles. The van der Waals surface area contributed by atoms with Gasteiger partial charge in [0.25, 0.3) is 10.0 Å². The van der Waals surface area contributed by atoms with E-state index in [-0.39, 0.29) is 16.7 Å². The molecule has 0 saturated carbocycles. The van der Waals surface area contributed by atoms with Gasteiger partial charge in [0.1, 0.15) is 4.21 Å². The SMILES string of the molecule is O=C(CNS(=O)(=O)c1cccs1)N1CCN(Cc2cccnc2)CC1. The third-order valence-corrected chi connectivity index (χ3v) is 6.83. The van der Waals surface area contributed by atoms with Gasteiger partial charge in [0.05, 0.1) is 6.54 Å². The average Bonchev–Trinajstić information content (AvgIpc) is 3.17. The van der Waals surface area contributed by atoms with Crippen LogP contribution in [0, 0.1) is 0 Å². The molecule has 7 nitrogen and oxygen atoms in total. The Hall–Kier alpha value is -1.81. The first-order valence-corrected chi connectivity index (χ1v) is 10.3. The van der Waals surface area contributed by atoms with E-state index in [0.717, 1.165) is 36.5 Å². The first-order chi connectivity index (χ1) is 12.0. The maximum Gasteiger partial charge on any atom is 0.250 e. The van der Waals surface area contributed by atoms with Crippen molar-refractivity contribution in [3.05, 3.63) is 47.6 Å². The number of thiophene rings is 1. The van der Waals surface area contributed by atoms with Crippen molar-refractivity contribution in [3.63, 3.8) is 0 Å². The molecule has 25 heavy (non-hydrogen) atoms. The van der Waals surface area contributed by atoms with Crippen LogP contribution in [0.3, 0.4) is 0 Å². The van der Waals surface area contributed by atoms with Crippen molar-refractivity contribution in [2.24, 2.45) is 0 Å². The summed E-state index contributed by atoms with van der Waals surface area (Å²) in [6.07, 6.45) is 3.59. The van der Waals surface area contributed by atoms with Gasteiger partial charge >= 0.3 is 0 Å². The minimum absolute atomic E-state index is 0.193. The molecule has 0 radical (unpaired) electrons. The van der Waals surface area contributed by atoms with Crippen molar-refractivity contribution in [1.29, 1.82) is 0 Å². The summed E-state index contributed by atoms with van der Waals surface area (Å²) >= 11 is 1.13. The molecule has 0 atom stereocenters. The molecule has 3 rings (SSSR count). The summed E-state index contributed by atoms with van der Waals surface area (Å²) in [5.74, 6) is -0.193.